The first-order chi connectivity index (χ1) is 17.2. The molecule has 0 amide bonds. The lowest BCUT2D eigenvalue weighted by molar-refractivity contribution is -0.126. The van der Waals surface area contributed by atoms with E-state index >= 15 is 0 Å². The van der Waals surface area contributed by atoms with Crippen LogP contribution in [0.3, 0.4) is 0 Å². The Kier molecular flexibility index (Phi) is 4.42. The Morgan fingerprint density at radius 2 is 1.51 bits per heavy atom. The lowest BCUT2D eigenvalue weighted by Gasteiger charge is -2.39. The first kappa shape index (κ1) is 20.5. The van der Waals surface area contributed by atoms with Gasteiger partial charge in [-0.1, -0.05) is 91.0 Å². The summed E-state index contributed by atoms with van der Waals surface area (Å²) in [6.07, 6.45) is 8.00. The molecule has 1 fully saturated rings. The minimum Gasteiger partial charge on any atom is -0.298 e. The molecular formula is C31H25N3O. The Labute approximate surface area is 204 Å². The monoisotopic (exact) mass is 455 g/mol. The van der Waals surface area contributed by atoms with Gasteiger partial charge in [0.25, 0.3) is 0 Å². The number of Topliss-reactive ketones (excluding diaryl/α,β-unsaturated/α-hetero) is 1. The number of carbonyl (C=O) groups is 1. The van der Waals surface area contributed by atoms with Gasteiger partial charge < -0.3 is 0 Å². The molecule has 4 heteroatoms. The van der Waals surface area contributed by atoms with Crippen LogP contribution in [0.4, 0.5) is 0 Å². The van der Waals surface area contributed by atoms with E-state index in [4.69, 9.17) is 9.97 Å². The van der Waals surface area contributed by atoms with Gasteiger partial charge in [0.1, 0.15) is 11.3 Å². The van der Waals surface area contributed by atoms with Gasteiger partial charge in [-0.2, -0.15) is 0 Å². The van der Waals surface area contributed by atoms with Crippen molar-refractivity contribution in [2.75, 3.05) is 13.6 Å². The largest absolute Gasteiger partial charge is 0.298 e. The van der Waals surface area contributed by atoms with E-state index in [1.807, 2.05) is 54.6 Å². The molecule has 0 N–H and O–H groups in total. The number of nitrogens with zero attached hydrogens (tertiary/aromatic N) is 3. The van der Waals surface area contributed by atoms with Crippen molar-refractivity contribution in [3.63, 3.8) is 0 Å². The summed E-state index contributed by atoms with van der Waals surface area (Å²) in [5.41, 5.74) is 6.28. The van der Waals surface area contributed by atoms with Crippen molar-refractivity contribution >= 4 is 16.8 Å². The van der Waals surface area contributed by atoms with Crippen molar-refractivity contribution in [2.45, 2.75) is 11.5 Å². The van der Waals surface area contributed by atoms with Crippen molar-refractivity contribution in [2.24, 2.45) is 11.8 Å². The van der Waals surface area contributed by atoms with Crippen LogP contribution in [-0.2, 0) is 10.3 Å². The van der Waals surface area contributed by atoms with Crippen LogP contribution in [0.1, 0.15) is 22.7 Å². The summed E-state index contributed by atoms with van der Waals surface area (Å²) in [5, 5.41) is 0. The first-order valence-electron chi connectivity index (χ1n) is 12.2. The lowest BCUT2D eigenvalue weighted by Crippen LogP contribution is -2.47. The average molecular weight is 456 g/mol. The standard InChI is InChI=1S/C31H25N3O/c1-34-19-23(20-11-3-2-4-12-20)27(29(35)21-13-5-6-14-21)31(34)24-16-8-7-15-22(24)28-30(31)33-26-18-10-9-17-25(26)32-28/h2-18,21,23,27H,19H2,1H3/t23-,27+,31+/m1/s1. The second-order valence-electron chi connectivity index (χ2n) is 9.79. The SMILES string of the molecule is CN1C[C@H](c2ccccc2)[C@@H](C(=O)C2C=CC=C2)[C@]12c1ccccc1-c1nc3ccccc3nc12. The van der Waals surface area contributed by atoms with E-state index in [1.54, 1.807) is 0 Å². The van der Waals surface area contributed by atoms with Crippen molar-refractivity contribution in [3.05, 3.63) is 120 Å². The quantitative estimate of drug-likeness (QED) is 0.409. The van der Waals surface area contributed by atoms with E-state index in [2.05, 4.69) is 60.5 Å². The first-order valence-corrected chi connectivity index (χ1v) is 12.2. The number of hydrogen-bond acceptors (Lipinski definition) is 4. The number of benzene rings is 3. The number of ketones is 1. The van der Waals surface area contributed by atoms with E-state index in [0.29, 0.717) is 0 Å². The highest BCUT2D eigenvalue weighted by molar-refractivity contribution is 5.94. The molecule has 0 saturated carbocycles. The highest BCUT2D eigenvalue weighted by Gasteiger charge is 2.63. The van der Waals surface area contributed by atoms with Gasteiger partial charge in [0.15, 0.2) is 0 Å². The smallest absolute Gasteiger partial charge is 0.149 e. The molecule has 3 aliphatic rings. The van der Waals surface area contributed by atoms with Gasteiger partial charge in [0.2, 0.25) is 0 Å². The van der Waals surface area contributed by atoms with Crippen molar-refractivity contribution < 1.29 is 4.79 Å². The Balaban J connectivity index is 1.55. The van der Waals surface area contributed by atoms with Crippen LogP contribution >= 0.6 is 0 Å². The molecule has 1 aromatic heterocycles. The van der Waals surface area contributed by atoms with Gasteiger partial charge in [0, 0.05) is 18.0 Å². The van der Waals surface area contributed by atoms with E-state index in [1.165, 1.54) is 5.56 Å². The summed E-state index contributed by atoms with van der Waals surface area (Å²) < 4.78 is 0. The molecule has 35 heavy (non-hydrogen) atoms. The predicted octanol–water partition coefficient (Wildman–Crippen LogP) is 5.51. The van der Waals surface area contributed by atoms with E-state index in [0.717, 1.165) is 40.1 Å². The molecule has 1 saturated heterocycles. The van der Waals surface area contributed by atoms with Crippen LogP contribution in [0.15, 0.2) is 103 Å². The van der Waals surface area contributed by atoms with Crippen molar-refractivity contribution in [1.82, 2.24) is 14.9 Å². The Hall–Kier alpha value is -3.89. The van der Waals surface area contributed by atoms with Crippen LogP contribution < -0.4 is 0 Å². The summed E-state index contributed by atoms with van der Waals surface area (Å²) in [5.74, 6) is -0.237. The van der Waals surface area contributed by atoms with Crippen LogP contribution in [0.2, 0.25) is 0 Å². The third kappa shape index (κ3) is 2.74. The Morgan fingerprint density at radius 3 is 2.29 bits per heavy atom. The molecule has 1 aliphatic heterocycles. The summed E-state index contributed by atoms with van der Waals surface area (Å²) in [7, 11) is 2.15. The number of likely N-dealkylation sites (N-methyl/N-ethyl adjacent to an activating group) is 1. The second kappa shape index (κ2) is 7.56. The number of rotatable bonds is 3. The number of allylic oxidation sites excluding steroid dienone is 4. The van der Waals surface area contributed by atoms with Gasteiger partial charge in [-0.15, -0.1) is 0 Å². The molecular weight excluding hydrogens is 430 g/mol. The summed E-state index contributed by atoms with van der Waals surface area (Å²) in [6.45, 7) is 0.767. The minimum atomic E-state index is -0.676. The third-order valence-electron chi connectivity index (χ3n) is 8.06. The van der Waals surface area contributed by atoms with Gasteiger partial charge in [-0.05, 0) is 30.3 Å². The topological polar surface area (TPSA) is 46.1 Å². The van der Waals surface area contributed by atoms with Crippen LogP contribution in [-0.4, -0.2) is 34.2 Å². The maximum Gasteiger partial charge on any atom is 0.149 e. The molecule has 4 nitrogen and oxygen atoms in total. The zero-order chi connectivity index (χ0) is 23.6. The minimum absolute atomic E-state index is 0.0448. The maximum absolute atomic E-state index is 14.4. The molecule has 0 bridgehead atoms. The molecule has 3 atom stereocenters. The molecule has 7 rings (SSSR count). The van der Waals surface area contributed by atoms with Crippen molar-refractivity contribution in [1.29, 1.82) is 0 Å². The summed E-state index contributed by atoms with van der Waals surface area (Å²) in [6, 6.07) is 27.0. The van der Waals surface area contributed by atoms with E-state index in [9.17, 15) is 4.79 Å². The molecule has 0 radical (unpaired) electrons. The van der Waals surface area contributed by atoms with E-state index < -0.39 is 5.54 Å². The average Bonchev–Trinajstić information content (AvgIpc) is 3.61. The zero-order valence-corrected chi connectivity index (χ0v) is 19.5. The van der Waals surface area contributed by atoms with Gasteiger partial charge in [0.05, 0.1) is 34.3 Å². The van der Waals surface area contributed by atoms with Crippen LogP contribution in [0.5, 0.6) is 0 Å². The molecule has 2 heterocycles. The summed E-state index contributed by atoms with van der Waals surface area (Å²) in [4.78, 5) is 27.2. The molecule has 1 spiro atoms. The number of carbonyl (C=O) groups excluding carboxylic acids is 1. The molecule has 2 aliphatic carbocycles. The fourth-order valence-corrected chi connectivity index (χ4v) is 6.61. The van der Waals surface area contributed by atoms with Gasteiger partial charge >= 0.3 is 0 Å². The Bertz CT molecular complexity index is 1530. The highest BCUT2D eigenvalue weighted by Crippen LogP contribution is 2.60. The van der Waals surface area contributed by atoms with Crippen molar-refractivity contribution in [3.8, 4) is 11.3 Å². The lowest BCUT2D eigenvalue weighted by atomic mass is 9.69. The van der Waals surface area contributed by atoms with Gasteiger partial charge in [-0.25, -0.2) is 9.97 Å². The van der Waals surface area contributed by atoms with E-state index in [-0.39, 0.29) is 23.5 Å². The predicted molar refractivity (Wildman–Crippen MR) is 138 cm³/mol. The van der Waals surface area contributed by atoms with Gasteiger partial charge in [-0.3, -0.25) is 9.69 Å². The molecule has 170 valence electrons. The second-order valence-corrected chi connectivity index (χ2v) is 9.79. The van der Waals surface area contributed by atoms with Crippen LogP contribution in [0.25, 0.3) is 22.3 Å². The van der Waals surface area contributed by atoms with Crippen LogP contribution in [0, 0.1) is 11.8 Å². The molecule has 3 aromatic carbocycles. The number of fused-ring (bicyclic) bond motifs is 6. The molecule has 4 aromatic rings. The Morgan fingerprint density at radius 1 is 0.857 bits per heavy atom. The number of likely N-dealkylation sites (tertiary alicyclic amines) is 1. The third-order valence-corrected chi connectivity index (χ3v) is 8.06. The summed E-state index contributed by atoms with van der Waals surface area (Å²) >= 11 is 0. The number of hydrogen-bond donors (Lipinski definition) is 0. The fraction of sp³-hybridized carbons (Fsp3) is 0.194. The maximum atomic E-state index is 14.4. The fourth-order valence-electron chi connectivity index (χ4n) is 6.61. The normalized spacial score (nSPS) is 24.9. The zero-order valence-electron chi connectivity index (χ0n) is 19.5. The number of aromatic nitrogens is 2. The highest BCUT2D eigenvalue weighted by atomic mass is 16.1. The number of para-hydroxylation sites is 2. The molecule has 0 unspecified atom stereocenters.